The van der Waals surface area contributed by atoms with E-state index in [9.17, 15) is 13.2 Å². The van der Waals surface area contributed by atoms with Crippen molar-refractivity contribution in [2.45, 2.75) is 44.0 Å². The van der Waals surface area contributed by atoms with E-state index in [-0.39, 0.29) is 22.3 Å². The summed E-state index contributed by atoms with van der Waals surface area (Å²) >= 11 is 11.2. The summed E-state index contributed by atoms with van der Waals surface area (Å²) in [6, 6.07) is 13.5. The van der Waals surface area contributed by atoms with Crippen LogP contribution in [0.25, 0.3) is 0 Å². The maximum atomic E-state index is 12.3. The minimum absolute atomic E-state index is 0.137. The number of nitrogens with one attached hydrogen (secondary N) is 3. The number of aryl methyl sites for hydroxylation is 1. The fraction of sp³-hybridized carbons (Fsp3) is 0.300. The van der Waals surface area contributed by atoms with E-state index >= 15 is 0 Å². The van der Waals surface area contributed by atoms with Crippen molar-refractivity contribution >= 4 is 50.5 Å². The molecule has 9 heteroatoms. The highest BCUT2D eigenvalue weighted by atomic mass is 35.5. The molecule has 0 aromatic heterocycles. The molecule has 0 saturated heterocycles. The Morgan fingerprint density at radius 3 is 2.28 bits per heavy atom. The van der Waals surface area contributed by atoms with Crippen molar-refractivity contribution in [2.24, 2.45) is 0 Å². The zero-order valence-electron chi connectivity index (χ0n) is 16.5. The van der Waals surface area contributed by atoms with Crippen LogP contribution in [-0.2, 0) is 21.2 Å². The van der Waals surface area contributed by atoms with Crippen LogP contribution in [0.2, 0.25) is 5.02 Å². The Labute approximate surface area is 182 Å². The van der Waals surface area contributed by atoms with Crippen molar-refractivity contribution in [3.63, 3.8) is 0 Å². The molecule has 0 radical (unpaired) electrons. The first kappa shape index (κ1) is 23.3. The van der Waals surface area contributed by atoms with Crippen molar-refractivity contribution in [1.82, 2.24) is 10.0 Å². The molecule has 2 aromatic carbocycles. The van der Waals surface area contributed by atoms with Crippen LogP contribution < -0.4 is 15.4 Å². The van der Waals surface area contributed by atoms with Gasteiger partial charge in [0.15, 0.2) is 5.11 Å². The van der Waals surface area contributed by atoms with Crippen molar-refractivity contribution in [2.75, 3.05) is 5.32 Å². The Morgan fingerprint density at radius 1 is 1.07 bits per heavy atom. The lowest BCUT2D eigenvalue weighted by Crippen LogP contribution is -2.40. The highest BCUT2D eigenvalue weighted by molar-refractivity contribution is 7.89. The largest absolute Gasteiger partial charge is 0.332 e. The molecular formula is C20H24ClN3O3S2. The molecule has 156 valence electrons. The number of thiocarbonyl (C=S) groups is 1. The molecule has 2 rings (SSSR count). The molecule has 0 saturated carbocycles. The summed E-state index contributed by atoms with van der Waals surface area (Å²) in [4.78, 5) is 12.2. The lowest BCUT2D eigenvalue weighted by molar-refractivity contribution is -0.119. The second kappa shape index (κ2) is 9.67. The molecule has 0 atom stereocenters. The highest BCUT2D eigenvalue weighted by Crippen LogP contribution is 2.17. The number of carbonyl (C=O) groups is 1. The lowest BCUT2D eigenvalue weighted by atomic mass is 10.1. The van der Waals surface area contributed by atoms with Gasteiger partial charge in [-0.25, -0.2) is 13.1 Å². The van der Waals surface area contributed by atoms with Gasteiger partial charge in [0.2, 0.25) is 15.9 Å². The Kier molecular flexibility index (Phi) is 7.76. The Bertz CT molecular complexity index is 985. The van der Waals surface area contributed by atoms with E-state index in [1.165, 1.54) is 12.1 Å². The number of benzene rings is 2. The van der Waals surface area contributed by atoms with Crippen LogP contribution >= 0.6 is 23.8 Å². The average Bonchev–Trinajstić information content (AvgIpc) is 2.59. The van der Waals surface area contributed by atoms with Crippen LogP contribution in [0, 0.1) is 0 Å². The van der Waals surface area contributed by atoms with Gasteiger partial charge >= 0.3 is 0 Å². The number of sulfonamides is 1. The molecule has 0 aliphatic carbocycles. The van der Waals surface area contributed by atoms with E-state index in [4.69, 9.17) is 23.8 Å². The van der Waals surface area contributed by atoms with Crippen molar-refractivity contribution in [1.29, 1.82) is 0 Å². The SMILES string of the molecule is CC(C)(C)NS(=O)(=O)c1ccc(NC(=S)NC(=O)CCc2ccccc2Cl)cc1. The first-order valence-corrected chi connectivity index (χ1v) is 11.2. The first-order chi connectivity index (χ1) is 13.5. The molecule has 29 heavy (non-hydrogen) atoms. The number of amides is 1. The van der Waals surface area contributed by atoms with E-state index in [0.717, 1.165) is 5.56 Å². The van der Waals surface area contributed by atoms with E-state index in [2.05, 4.69) is 15.4 Å². The van der Waals surface area contributed by atoms with Gasteiger partial charge in [0, 0.05) is 22.7 Å². The Morgan fingerprint density at radius 2 is 1.69 bits per heavy atom. The van der Waals surface area contributed by atoms with Gasteiger partial charge in [-0.15, -0.1) is 0 Å². The predicted molar refractivity (Wildman–Crippen MR) is 121 cm³/mol. The van der Waals surface area contributed by atoms with Gasteiger partial charge < -0.3 is 10.6 Å². The Balaban J connectivity index is 1.89. The quantitative estimate of drug-likeness (QED) is 0.578. The lowest BCUT2D eigenvalue weighted by Gasteiger charge is -2.20. The van der Waals surface area contributed by atoms with Gasteiger partial charge in [-0.3, -0.25) is 4.79 Å². The first-order valence-electron chi connectivity index (χ1n) is 8.94. The second-order valence-corrected chi connectivity index (χ2v) is 9.97. The normalized spacial score (nSPS) is 11.7. The summed E-state index contributed by atoms with van der Waals surface area (Å²) in [6.45, 7) is 5.31. The number of rotatable bonds is 6. The smallest absolute Gasteiger partial charge is 0.241 e. The summed E-state index contributed by atoms with van der Waals surface area (Å²) in [5, 5.41) is 6.23. The molecular weight excluding hydrogens is 430 g/mol. The van der Waals surface area contributed by atoms with E-state index in [1.807, 2.05) is 18.2 Å². The van der Waals surface area contributed by atoms with Gasteiger partial charge in [0.25, 0.3) is 0 Å². The summed E-state index contributed by atoms with van der Waals surface area (Å²) < 4.78 is 27.2. The minimum Gasteiger partial charge on any atom is -0.332 e. The van der Waals surface area contributed by atoms with Crippen LogP contribution in [0.3, 0.4) is 0 Å². The minimum atomic E-state index is -3.61. The number of halogens is 1. The molecule has 0 heterocycles. The average molecular weight is 454 g/mol. The molecule has 0 fully saturated rings. The standard InChI is InChI=1S/C20H24ClN3O3S2/c1-20(2,3)24-29(26,27)16-11-9-15(10-12-16)22-19(28)23-18(25)13-8-14-6-4-5-7-17(14)21/h4-7,9-12,24H,8,13H2,1-3H3,(H2,22,23,25,28). The van der Waals surface area contributed by atoms with Gasteiger partial charge in [0.05, 0.1) is 4.90 Å². The maximum absolute atomic E-state index is 12.3. The maximum Gasteiger partial charge on any atom is 0.241 e. The summed E-state index contributed by atoms with van der Waals surface area (Å²) in [7, 11) is -3.61. The third kappa shape index (κ3) is 7.74. The topological polar surface area (TPSA) is 87.3 Å². The number of carbonyl (C=O) groups excluding carboxylic acids is 1. The molecule has 6 nitrogen and oxygen atoms in total. The van der Waals surface area contributed by atoms with Gasteiger partial charge in [-0.2, -0.15) is 0 Å². The fourth-order valence-corrected chi connectivity index (χ4v) is 4.36. The molecule has 0 bridgehead atoms. The molecule has 1 amide bonds. The van der Waals surface area contributed by atoms with Crippen molar-refractivity contribution < 1.29 is 13.2 Å². The highest BCUT2D eigenvalue weighted by Gasteiger charge is 2.21. The van der Waals surface area contributed by atoms with E-state index < -0.39 is 15.6 Å². The second-order valence-electron chi connectivity index (χ2n) is 7.47. The molecule has 0 aliphatic heterocycles. The number of hydrogen-bond acceptors (Lipinski definition) is 4. The third-order valence-corrected chi connectivity index (χ3v) is 6.04. The zero-order valence-corrected chi connectivity index (χ0v) is 18.8. The van der Waals surface area contributed by atoms with Crippen LogP contribution in [0.4, 0.5) is 5.69 Å². The molecule has 0 aliphatic rings. The van der Waals surface area contributed by atoms with Gasteiger partial charge in [-0.05, 0) is 75.3 Å². The van der Waals surface area contributed by atoms with Crippen LogP contribution in [0.15, 0.2) is 53.4 Å². The third-order valence-electron chi connectivity index (χ3n) is 3.70. The Hall–Kier alpha value is -2.00. The molecule has 0 unspecified atom stereocenters. The number of hydrogen-bond donors (Lipinski definition) is 3. The van der Waals surface area contributed by atoms with E-state index in [1.54, 1.807) is 39.0 Å². The molecule has 3 N–H and O–H groups in total. The van der Waals surface area contributed by atoms with Crippen LogP contribution in [-0.4, -0.2) is 25.0 Å². The monoisotopic (exact) mass is 453 g/mol. The molecule has 0 spiro atoms. The predicted octanol–water partition coefficient (Wildman–Crippen LogP) is 3.86. The van der Waals surface area contributed by atoms with Gasteiger partial charge in [0.1, 0.15) is 0 Å². The van der Waals surface area contributed by atoms with Crippen LogP contribution in [0.1, 0.15) is 32.8 Å². The van der Waals surface area contributed by atoms with Crippen LogP contribution in [0.5, 0.6) is 0 Å². The molecule has 2 aromatic rings. The zero-order chi connectivity index (χ0) is 21.7. The summed E-state index contributed by atoms with van der Waals surface area (Å²) in [5.41, 5.74) is 0.881. The van der Waals surface area contributed by atoms with Gasteiger partial charge in [-0.1, -0.05) is 29.8 Å². The summed E-state index contributed by atoms with van der Waals surface area (Å²) in [5.74, 6) is -0.240. The number of anilines is 1. The fourth-order valence-electron chi connectivity index (χ4n) is 2.48. The van der Waals surface area contributed by atoms with Crippen molar-refractivity contribution in [3.8, 4) is 0 Å². The summed E-state index contributed by atoms with van der Waals surface area (Å²) in [6.07, 6.45) is 0.739. The van der Waals surface area contributed by atoms with E-state index in [0.29, 0.717) is 17.1 Å². The van der Waals surface area contributed by atoms with Crippen molar-refractivity contribution in [3.05, 3.63) is 59.1 Å².